The molecule has 0 bridgehead atoms. The lowest BCUT2D eigenvalue weighted by molar-refractivity contribution is 0.490. The number of anilines is 3. The maximum absolute atomic E-state index is 2.52. The van der Waals surface area contributed by atoms with Gasteiger partial charge in [-0.15, -0.1) is 0 Å². The molecule has 292 valence electrons. The van der Waals surface area contributed by atoms with Crippen LogP contribution in [0.25, 0.3) is 55.6 Å². The Morgan fingerprint density at radius 2 is 0.850 bits per heavy atom. The fourth-order valence-electron chi connectivity index (χ4n) is 11.6. The van der Waals surface area contributed by atoms with E-state index < -0.39 is 0 Å². The fourth-order valence-corrected chi connectivity index (χ4v) is 11.6. The van der Waals surface area contributed by atoms with Crippen molar-refractivity contribution in [2.45, 2.75) is 70.6 Å². The molecule has 0 fully saturated rings. The Morgan fingerprint density at radius 3 is 1.57 bits per heavy atom. The topological polar surface area (TPSA) is 3.24 Å². The smallest absolute Gasteiger partial charge is 0.0540 e. The van der Waals surface area contributed by atoms with E-state index in [0.717, 1.165) is 18.5 Å². The molecule has 60 heavy (non-hydrogen) atoms. The van der Waals surface area contributed by atoms with E-state index in [0.29, 0.717) is 0 Å². The molecule has 8 aromatic carbocycles. The molecule has 1 nitrogen and oxygen atoms in total. The van der Waals surface area contributed by atoms with Crippen molar-refractivity contribution in [1.29, 1.82) is 0 Å². The van der Waals surface area contributed by atoms with Gasteiger partial charge in [0.15, 0.2) is 0 Å². The van der Waals surface area contributed by atoms with Crippen LogP contribution >= 0.6 is 0 Å². The first kappa shape index (κ1) is 36.6. The van der Waals surface area contributed by atoms with Crippen LogP contribution in [0.15, 0.2) is 176 Å². The lowest BCUT2D eigenvalue weighted by atomic mass is 9.74. The summed E-state index contributed by atoms with van der Waals surface area (Å²) in [7, 11) is 0. The van der Waals surface area contributed by atoms with Gasteiger partial charge >= 0.3 is 0 Å². The van der Waals surface area contributed by atoms with Crippen molar-refractivity contribution in [2.24, 2.45) is 0 Å². The van der Waals surface area contributed by atoms with Crippen LogP contribution in [0.3, 0.4) is 0 Å². The van der Waals surface area contributed by atoms with Gasteiger partial charge in [0.2, 0.25) is 0 Å². The van der Waals surface area contributed by atoms with E-state index in [1.165, 1.54) is 100 Å². The van der Waals surface area contributed by atoms with E-state index in [-0.39, 0.29) is 16.2 Å². The minimum atomic E-state index is -0.0829. The third-order valence-corrected chi connectivity index (χ3v) is 14.8. The molecule has 0 unspecified atom stereocenters. The Labute approximate surface area is 356 Å². The lowest BCUT2D eigenvalue weighted by Crippen LogP contribution is -2.23. The van der Waals surface area contributed by atoms with Gasteiger partial charge in [0, 0.05) is 33.2 Å². The maximum atomic E-state index is 2.52. The van der Waals surface area contributed by atoms with Gasteiger partial charge in [0.1, 0.15) is 0 Å². The van der Waals surface area contributed by atoms with Crippen molar-refractivity contribution in [2.75, 3.05) is 4.90 Å². The van der Waals surface area contributed by atoms with E-state index in [1.54, 1.807) is 0 Å². The summed E-state index contributed by atoms with van der Waals surface area (Å²) in [4.78, 5) is 2.52. The first-order valence-electron chi connectivity index (χ1n) is 21.9. The first-order chi connectivity index (χ1) is 29.2. The highest BCUT2D eigenvalue weighted by Crippen LogP contribution is 2.57. The van der Waals surface area contributed by atoms with Gasteiger partial charge in [0.05, 0.1) is 5.69 Å². The first-order valence-corrected chi connectivity index (χ1v) is 21.9. The predicted octanol–water partition coefficient (Wildman–Crippen LogP) is 16.2. The molecule has 11 rings (SSSR count). The molecule has 0 saturated heterocycles. The molecule has 0 amide bonds. The summed E-state index contributed by atoms with van der Waals surface area (Å²) in [5.74, 6) is 0. The molecule has 0 radical (unpaired) electrons. The number of benzene rings is 8. The number of hydrogen-bond donors (Lipinski definition) is 0. The second-order valence-electron chi connectivity index (χ2n) is 18.3. The Balaban J connectivity index is 1.09. The van der Waals surface area contributed by atoms with E-state index in [4.69, 9.17) is 0 Å². The van der Waals surface area contributed by atoms with E-state index in [9.17, 15) is 0 Å². The SMILES string of the molecule is CCC1(CC)c2ccccc2-c2ccc(N(c3ccc(-c4ccc5c(c4)-c4ccccc4C5(C)C)cc3)c3ccccc3-c3cccc4c3-c3ccccc3C4(C)C)cc21. The predicted molar refractivity (Wildman–Crippen MR) is 254 cm³/mol. The molecule has 8 aromatic rings. The molecule has 1 heteroatoms. The van der Waals surface area contributed by atoms with E-state index in [1.807, 2.05) is 0 Å². The number of nitrogens with zero attached hydrogens (tertiary/aromatic N) is 1. The van der Waals surface area contributed by atoms with Crippen LogP contribution in [-0.2, 0) is 16.2 Å². The van der Waals surface area contributed by atoms with Crippen LogP contribution < -0.4 is 4.90 Å². The highest BCUT2D eigenvalue weighted by molar-refractivity contribution is 5.99. The van der Waals surface area contributed by atoms with Gasteiger partial charge in [0.25, 0.3) is 0 Å². The summed E-state index contributed by atoms with van der Waals surface area (Å²) in [5.41, 5.74) is 24.9. The molecule has 0 saturated carbocycles. The molecule has 0 spiro atoms. The zero-order valence-corrected chi connectivity index (χ0v) is 35.6. The fraction of sp³-hybridized carbons (Fsp3) is 0.186. The van der Waals surface area contributed by atoms with Crippen molar-refractivity contribution in [3.05, 3.63) is 209 Å². The number of hydrogen-bond acceptors (Lipinski definition) is 1. The molecule has 3 aliphatic rings. The van der Waals surface area contributed by atoms with E-state index >= 15 is 0 Å². The molecular weight excluding hydrogens is 723 g/mol. The molecule has 0 atom stereocenters. The Kier molecular flexibility index (Phi) is 8.11. The Bertz CT molecular complexity index is 3010. The highest BCUT2D eigenvalue weighted by Gasteiger charge is 2.41. The summed E-state index contributed by atoms with van der Waals surface area (Å²) in [6.45, 7) is 14.2. The standard InChI is InChI=1S/C59H51N/c1-7-59(8-2)52-25-15-10-18-42(52)44-34-33-41(37-54(44)59)60(40-31-28-38(29-32-40)39-30-35-51-48(36-39)43-19-9-13-23-49(43)57(51,3)4)55-27-16-12-20-45(55)46-22-17-26-53-56(46)47-21-11-14-24-50(47)58(53,5)6/h9-37H,7-8H2,1-6H3. The van der Waals surface area contributed by atoms with Crippen molar-refractivity contribution in [3.63, 3.8) is 0 Å². The second-order valence-corrected chi connectivity index (χ2v) is 18.3. The van der Waals surface area contributed by atoms with Crippen LogP contribution in [0.2, 0.25) is 0 Å². The van der Waals surface area contributed by atoms with Gasteiger partial charge in [-0.1, -0.05) is 181 Å². The number of rotatable bonds is 7. The third kappa shape index (κ3) is 5.05. The van der Waals surface area contributed by atoms with Crippen LogP contribution in [0.1, 0.15) is 87.8 Å². The van der Waals surface area contributed by atoms with Crippen LogP contribution in [0.5, 0.6) is 0 Å². The lowest BCUT2D eigenvalue weighted by Gasteiger charge is -2.32. The van der Waals surface area contributed by atoms with Gasteiger partial charge in [-0.25, -0.2) is 0 Å². The Morgan fingerprint density at radius 1 is 0.350 bits per heavy atom. The molecule has 0 aliphatic heterocycles. The number of fused-ring (bicyclic) bond motifs is 9. The summed E-state index contributed by atoms with van der Waals surface area (Å²) in [6, 6.07) is 66.7. The summed E-state index contributed by atoms with van der Waals surface area (Å²) in [6.07, 6.45) is 2.10. The summed E-state index contributed by atoms with van der Waals surface area (Å²) in [5, 5.41) is 0. The zero-order chi connectivity index (χ0) is 41.0. The Hall–Kier alpha value is -6.44. The van der Waals surface area contributed by atoms with Gasteiger partial charge in [-0.3, -0.25) is 0 Å². The average Bonchev–Trinajstić information content (AvgIpc) is 3.81. The highest BCUT2D eigenvalue weighted by atomic mass is 15.1. The van der Waals surface area contributed by atoms with E-state index in [2.05, 4.69) is 222 Å². The van der Waals surface area contributed by atoms with Crippen molar-refractivity contribution in [1.82, 2.24) is 0 Å². The van der Waals surface area contributed by atoms with Gasteiger partial charge < -0.3 is 4.90 Å². The van der Waals surface area contributed by atoms with Crippen LogP contribution in [0, 0.1) is 0 Å². The summed E-state index contributed by atoms with van der Waals surface area (Å²) >= 11 is 0. The summed E-state index contributed by atoms with van der Waals surface area (Å²) < 4.78 is 0. The van der Waals surface area contributed by atoms with Crippen molar-refractivity contribution < 1.29 is 0 Å². The van der Waals surface area contributed by atoms with Gasteiger partial charge in [-0.2, -0.15) is 0 Å². The third-order valence-electron chi connectivity index (χ3n) is 14.8. The quantitative estimate of drug-likeness (QED) is 0.156. The number of para-hydroxylation sites is 1. The molecule has 0 heterocycles. The van der Waals surface area contributed by atoms with Crippen molar-refractivity contribution >= 4 is 17.1 Å². The largest absolute Gasteiger partial charge is 0.310 e. The zero-order valence-electron chi connectivity index (χ0n) is 35.6. The monoisotopic (exact) mass is 773 g/mol. The minimum Gasteiger partial charge on any atom is -0.310 e. The van der Waals surface area contributed by atoms with Crippen LogP contribution in [-0.4, -0.2) is 0 Å². The minimum absolute atomic E-state index is 0.0106. The van der Waals surface area contributed by atoms with Crippen LogP contribution in [0.4, 0.5) is 17.1 Å². The molecule has 3 aliphatic carbocycles. The van der Waals surface area contributed by atoms with Crippen molar-refractivity contribution in [3.8, 4) is 55.6 Å². The van der Waals surface area contributed by atoms with Gasteiger partial charge in [-0.05, 0) is 133 Å². The normalized spacial score (nSPS) is 15.4. The second kappa shape index (κ2) is 13.3. The molecule has 0 aromatic heterocycles. The maximum Gasteiger partial charge on any atom is 0.0540 e. The average molecular weight is 774 g/mol. The molecular formula is C59H51N. The molecule has 0 N–H and O–H groups in total.